The number of nitrogens with one attached hydrogen (secondary N) is 1. The molecule has 0 bridgehead atoms. The lowest BCUT2D eigenvalue weighted by molar-refractivity contribution is 0.401. The third kappa shape index (κ3) is 2.81. The summed E-state index contributed by atoms with van der Waals surface area (Å²) in [5.74, 6) is 0.759. The highest BCUT2D eigenvalue weighted by atomic mass is 35.5. The van der Waals surface area contributed by atoms with Crippen molar-refractivity contribution in [2.45, 2.75) is 19.9 Å². The fourth-order valence-electron chi connectivity index (χ4n) is 2.34. The number of nitrogens with zero attached hydrogens (tertiary/aromatic N) is 2. The Morgan fingerprint density at radius 1 is 1.45 bits per heavy atom. The van der Waals surface area contributed by atoms with Crippen molar-refractivity contribution in [2.24, 2.45) is 7.05 Å². The van der Waals surface area contributed by atoms with Crippen molar-refractivity contribution in [3.63, 3.8) is 0 Å². The van der Waals surface area contributed by atoms with E-state index in [1.165, 1.54) is 0 Å². The van der Waals surface area contributed by atoms with Crippen molar-refractivity contribution in [1.82, 2.24) is 15.1 Å². The molecule has 2 aromatic rings. The molecule has 0 spiro atoms. The van der Waals surface area contributed by atoms with Crippen molar-refractivity contribution < 1.29 is 4.74 Å². The molecule has 0 aliphatic carbocycles. The van der Waals surface area contributed by atoms with Gasteiger partial charge in [-0.15, -0.1) is 0 Å². The van der Waals surface area contributed by atoms with E-state index in [9.17, 15) is 0 Å². The minimum atomic E-state index is -0.0458. The molecule has 1 unspecified atom stereocenters. The highest BCUT2D eigenvalue weighted by molar-refractivity contribution is 6.31. The van der Waals surface area contributed by atoms with Crippen LogP contribution in [0.25, 0.3) is 0 Å². The molecule has 5 heteroatoms. The fraction of sp³-hybridized carbons (Fsp3) is 0.400. The van der Waals surface area contributed by atoms with Crippen LogP contribution in [0, 0.1) is 6.92 Å². The van der Waals surface area contributed by atoms with Crippen LogP contribution in [0.1, 0.15) is 29.8 Å². The number of hydrogen-bond donors (Lipinski definition) is 1. The standard InChI is InChI=1S/C15H20ClN3O/c1-5-17-14(11-7-6-10(2)8-12(11)16)15-13(20-4)9-18-19(15)3/h6-9,14,17H,5H2,1-4H3. The average Bonchev–Trinajstić information content (AvgIpc) is 2.78. The largest absolute Gasteiger partial charge is 0.493 e. The molecule has 0 aliphatic rings. The lowest BCUT2D eigenvalue weighted by Crippen LogP contribution is -2.25. The molecule has 108 valence electrons. The van der Waals surface area contributed by atoms with E-state index in [-0.39, 0.29) is 6.04 Å². The highest BCUT2D eigenvalue weighted by Gasteiger charge is 2.23. The lowest BCUT2D eigenvalue weighted by Gasteiger charge is -2.21. The van der Waals surface area contributed by atoms with Crippen LogP contribution in [-0.4, -0.2) is 23.4 Å². The number of halogens is 1. The summed E-state index contributed by atoms with van der Waals surface area (Å²) < 4.78 is 7.23. The average molecular weight is 294 g/mol. The van der Waals surface area contributed by atoms with Gasteiger partial charge in [0.05, 0.1) is 19.3 Å². The van der Waals surface area contributed by atoms with Gasteiger partial charge in [0.2, 0.25) is 0 Å². The molecule has 1 aromatic heterocycles. The Kier molecular flexibility index (Phi) is 4.68. The number of aromatic nitrogens is 2. The second kappa shape index (κ2) is 6.29. The maximum Gasteiger partial charge on any atom is 0.161 e. The SMILES string of the molecule is CCNC(c1ccc(C)cc1Cl)c1c(OC)cnn1C. The van der Waals surface area contributed by atoms with Gasteiger partial charge >= 0.3 is 0 Å². The molecule has 1 N–H and O–H groups in total. The van der Waals surface area contributed by atoms with Crippen molar-refractivity contribution >= 4 is 11.6 Å². The van der Waals surface area contributed by atoms with Crippen LogP contribution in [0.3, 0.4) is 0 Å². The molecule has 1 heterocycles. The number of hydrogen-bond acceptors (Lipinski definition) is 3. The summed E-state index contributed by atoms with van der Waals surface area (Å²) in [6, 6.07) is 6.05. The number of ether oxygens (including phenoxy) is 1. The first-order valence-corrected chi connectivity index (χ1v) is 7.01. The van der Waals surface area contributed by atoms with Gasteiger partial charge in [-0.25, -0.2) is 0 Å². The molecule has 0 aliphatic heterocycles. The van der Waals surface area contributed by atoms with E-state index in [1.807, 2.05) is 24.7 Å². The van der Waals surface area contributed by atoms with Gasteiger partial charge in [-0.2, -0.15) is 5.10 Å². The van der Waals surface area contributed by atoms with Crippen LogP contribution < -0.4 is 10.1 Å². The van der Waals surface area contributed by atoms with Gasteiger partial charge in [-0.3, -0.25) is 4.68 Å². The predicted molar refractivity (Wildman–Crippen MR) is 81.5 cm³/mol. The summed E-state index contributed by atoms with van der Waals surface area (Å²) in [5, 5.41) is 8.47. The number of aryl methyl sites for hydroxylation is 2. The summed E-state index contributed by atoms with van der Waals surface area (Å²) in [6.07, 6.45) is 1.72. The zero-order valence-corrected chi connectivity index (χ0v) is 13.0. The summed E-state index contributed by atoms with van der Waals surface area (Å²) in [6.45, 7) is 4.92. The van der Waals surface area contributed by atoms with Crippen LogP contribution in [0.15, 0.2) is 24.4 Å². The molecule has 0 saturated heterocycles. The molecule has 1 aromatic carbocycles. The minimum absolute atomic E-state index is 0.0458. The molecule has 2 rings (SSSR count). The molecular formula is C15H20ClN3O. The maximum atomic E-state index is 6.41. The van der Waals surface area contributed by atoms with Crippen molar-refractivity contribution in [3.05, 3.63) is 46.2 Å². The van der Waals surface area contributed by atoms with Crippen LogP contribution in [0.2, 0.25) is 5.02 Å². The molecule has 0 saturated carbocycles. The Labute approximate surface area is 124 Å². The van der Waals surface area contributed by atoms with E-state index < -0.39 is 0 Å². The van der Waals surface area contributed by atoms with Crippen molar-refractivity contribution in [2.75, 3.05) is 13.7 Å². The normalized spacial score (nSPS) is 12.4. The van der Waals surface area contributed by atoms with E-state index in [1.54, 1.807) is 13.3 Å². The third-order valence-electron chi connectivity index (χ3n) is 3.32. The van der Waals surface area contributed by atoms with E-state index in [2.05, 4.69) is 29.5 Å². The maximum absolute atomic E-state index is 6.41. The Morgan fingerprint density at radius 3 is 2.80 bits per heavy atom. The molecule has 4 nitrogen and oxygen atoms in total. The Hall–Kier alpha value is -1.52. The van der Waals surface area contributed by atoms with Gasteiger partial charge in [0.25, 0.3) is 0 Å². The Balaban J connectivity index is 2.53. The fourth-order valence-corrected chi connectivity index (χ4v) is 2.68. The van der Waals surface area contributed by atoms with E-state index in [0.29, 0.717) is 0 Å². The first-order chi connectivity index (χ1) is 9.58. The predicted octanol–water partition coefficient (Wildman–Crippen LogP) is 3.09. The van der Waals surface area contributed by atoms with Crippen LogP contribution >= 0.6 is 11.6 Å². The van der Waals surface area contributed by atoms with E-state index in [0.717, 1.165) is 34.1 Å². The van der Waals surface area contributed by atoms with Crippen LogP contribution in [-0.2, 0) is 7.05 Å². The lowest BCUT2D eigenvalue weighted by atomic mass is 10.0. The van der Waals surface area contributed by atoms with Crippen molar-refractivity contribution in [1.29, 1.82) is 0 Å². The Bertz CT molecular complexity index is 595. The summed E-state index contributed by atoms with van der Waals surface area (Å²) in [5.41, 5.74) is 3.15. The topological polar surface area (TPSA) is 39.1 Å². The number of rotatable bonds is 5. The summed E-state index contributed by atoms with van der Waals surface area (Å²) >= 11 is 6.41. The second-order valence-corrected chi connectivity index (χ2v) is 5.14. The zero-order valence-electron chi connectivity index (χ0n) is 12.3. The molecular weight excluding hydrogens is 274 g/mol. The molecule has 0 amide bonds. The minimum Gasteiger partial charge on any atom is -0.493 e. The zero-order chi connectivity index (χ0) is 14.7. The van der Waals surface area contributed by atoms with Crippen LogP contribution in [0.4, 0.5) is 0 Å². The number of benzene rings is 1. The smallest absolute Gasteiger partial charge is 0.161 e. The summed E-state index contributed by atoms with van der Waals surface area (Å²) in [7, 11) is 3.56. The quantitative estimate of drug-likeness (QED) is 0.921. The van der Waals surface area contributed by atoms with Gasteiger partial charge in [0.1, 0.15) is 5.69 Å². The second-order valence-electron chi connectivity index (χ2n) is 4.74. The van der Waals surface area contributed by atoms with Gasteiger partial charge < -0.3 is 10.1 Å². The van der Waals surface area contributed by atoms with Gasteiger partial charge in [-0.1, -0.05) is 30.7 Å². The van der Waals surface area contributed by atoms with Gasteiger partial charge in [-0.05, 0) is 30.7 Å². The Morgan fingerprint density at radius 2 is 2.20 bits per heavy atom. The van der Waals surface area contributed by atoms with Gasteiger partial charge in [0.15, 0.2) is 5.75 Å². The highest BCUT2D eigenvalue weighted by Crippen LogP contribution is 2.33. The van der Waals surface area contributed by atoms with Gasteiger partial charge in [0, 0.05) is 12.1 Å². The van der Waals surface area contributed by atoms with E-state index in [4.69, 9.17) is 16.3 Å². The first-order valence-electron chi connectivity index (χ1n) is 6.63. The third-order valence-corrected chi connectivity index (χ3v) is 3.65. The molecule has 0 radical (unpaired) electrons. The van der Waals surface area contributed by atoms with Crippen molar-refractivity contribution in [3.8, 4) is 5.75 Å². The molecule has 1 atom stereocenters. The number of methoxy groups -OCH3 is 1. The van der Waals surface area contributed by atoms with Crippen LogP contribution in [0.5, 0.6) is 5.75 Å². The van der Waals surface area contributed by atoms with E-state index >= 15 is 0 Å². The first kappa shape index (κ1) is 14.9. The molecule has 20 heavy (non-hydrogen) atoms. The monoisotopic (exact) mass is 293 g/mol. The molecule has 0 fully saturated rings. The summed E-state index contributed by atoms with van der Waals surface area (Å²) in [4.78, 5) is 0.